The number of carbonyl (C=O) groups is 1. The number of likely N-dealkylation sites (N-methyl/N-ethyl adjacent to an activating group) is 2. The molecule has 0 saturated carbocycles. The van der Waals surface area contributed by atoms with Gasteiger partial charge < -0.3 is 15.5 Å². The fourth-order valence-electron chi connectivity index (χ4n) is 1.28. The highest BCUT2D eigenvalue weighted by atomic mass is 35.5. The molecule has 0 heterocycles. The molecule has 1 amide bonds. The molecule has 0 atom stereocenters. The number of nitrogen functional groups attached to an aromatic ring is 1. The monoisotopic (exact) mass is 241 g/mol. The normalized spacial score (nSPS) is 10.0. The Morgan fingerprint density at radius 2 is 2.00 bits per heavy atom. The van der Waals surface area contributed by atoms with Gasteiger partial charge in [-0.3, -0.25) is 4.79 Å². The van der Waals surface area contributed by atoms with Crippen molar-refractivity contribution in [2.24, 2.45) is 0 Å². The minimum atomic E-state index is 0.0156. The van der Waals surface area contributed by atoms with Crippen LogP contribution in [0.25, 0.3) is 0 Å². The molecule has 0 spiro atoms. The van der Waals surface area contributed by atoms with Gasteiger partial charge in [-0.15, -0.1) is 0 Å². The number of amides is 1. The van der Waals surface area contributed by atoms with E-state index in [1.807, 2.05) is 7.05 Å². The number of nitrogens with two attached hydrogens (primary N) is 1. The topological polar surface area (TPSA) is 49.6 Å². The first-order chi connectivity index (χ1) is 7.41. The van der Waals surface area contributed by atoms with Crippen molar-refractivity contribution in [3.8, 4) is 0 Å². The number of rotatable bonds is 3. The Balaban J connectivity index is 2.84. The summed E-state index contributed by atoms with van der Waals surface area (Å²) in [5, 5.41) is 0.605. The van der Waals surface area contributed by atoms with Gasteiger partial charge in [-0.1, -0.05) is 11.6 Å². The molecule has 0 aliphatic carbocycles. The molecule has 1 aromatic rings. The highest BCUT2D eigenvalue weighted by Crippen LogP contribution is 2.25. The van der Waals surface area contributed by atoms with Crippen LogP contribution in [0, 0.1) is 0 Å². The third-order valence-corrected chi connectivity index (χ3v) is 2.51. The Morgan fingerprint density at radius 1 is 1.38 bits per heavy atom. The van der Waals surface area contributed by atoms with E-state index in [0.29, 0.717) is 10.7 Å². The van der Waals surface area contributed by atoms with Crippen molar-refractivity contribution in [3.05, 3.63) is 23.2 Å². The van der Waals surface area contributed by atoms with Crippen LogP contribution >= 0.6 is 11.6 Å². The van der Waals surface area contributed by atoms with E-state index in [4.69, 9.17) is 17.3 Å². The van der Waals surface area contributed by atoms with Crippen LogP contribution in [0.2, 0.25) is 5.02 Å². The molecule has 1 rings (SSSR count). The van der Waals surface area contributed by atoms with E-state index in [1.54, 1.807) is 37.2 Å². The number of benzene rings is 1. The molecule has 0 aromatic heterocycles. The number of nitrogens with zero attached hydrogens (tertiary/aromatic N) is 2. The first-order valence-electron chi connectivity index (χ1n) is 4.88. The van der Waals surface area contributed by atoms with Gasteiger partial charge >= 0.3 is 0 Å². The van der Waals surface area contributed by atoms with E-state index in [1.165, 1.54) is 4.90 Å². The lowest BCUT2D eigenvalue weighted by Gasteiger charge is -2.22. The molecule has 1 aromatic carbocycles. The SMILES string of the molecule is CN(C)C(=O)CN(C)c1cc(Cl)ccc1N. The largest absolute Gasteiger partial charge is 0.397 e. The number of halogens is 1. The molecule has 16 heavy (non-hydrogen) atoms. The quantitative estimate of drug-likeness (QED) is 0.815. The summed E-state index contributed by atoms with van der Waals surface area (Å²) in [5.74, 6) is 0.0156. The summed E-state index contributed by atoms with van der Waals surface area (Å²) in [6.45, 7) is 0.275. The Hall–Kier alpha value is -1.42. The Morgan fingerprint density at radius 3 is 2.56 bits per heavy atom. The summed E-state index contributed by atoms with van der Waals surface area (Å²) in [6, 6.07) is 5.20. The number of hydrogen-bond acceptors (Lipinski definition) is 3. The van der Waals surface area contributed by atoms with Gasteiger partial charge in [0.15, 0.2) is 0 Å². The molecule has 0 radical (unpaired) electrons. The average Bonchev–Trinajstić information content (AvgIpc) is 2.21. The molecule has 88 valence electrons. The van der Waals surface area contributed by atoms with Gasteiger partial charge in [0.25, 0.3) is 0 Å². The fourth-order valence-corrected chi connectivity index (χ4v) is 1.44. The summed E-state index contributed by atoms with van der Waals surface area (Å²) in [7, 11) is 5.25. The summed E-state index contributed by atoms with van der Waals surface area (Å²) < 4.78 is 0. The van der Waals surface area contributed by atoms with Crippen molar-refractivity contribution in [1.29, 1.82) is 0 Å². The molecule has 0 unspecified atom stereocenters. The van der Waals surface area contributed by atoms with Crippen LogP contribution in [0.1, 0.15) is 0 Å². The van der Waals surface area contributed by atoms with Crippen molar-refractivity contribution < 1.29 is 4.79 Å². The van der Waals surface area contributed by atoms with Gasteiger partial charge in [0.05, 0.1) is 17.9 Å². The van der Waals surface area contributed by atoms with Gasteiger partial charge in [0, 0.05) is 26.2 Å². The Labute approximate surface area is 101 Å². The molecule has 0 fully saturated rings. The van der Waals surface area contributed by atoms with Crippen LogP contribution in [0.3, 0.4) is 0 Å². The zero-order valence-electron chi connectivity index (χ0n) is 9.70. The smallest absolute Gasteiger partial charge is 0.241 e. The van der Waals surface area contributed by atoms with Crippen molar-refractivity contribution in [3.63, 3.8) is 0 Å². The molecule has 0 aliphatic rings. The average molecular weight is 242 g/mol. The van der Waals surface area contributed by atoms with Crippen molar-refractivity contribution in [2.75, 3.05) is 38.3 Å². The lowest BCUT2D eigenvalue weighted by molar-refractivity contribution is -0.127. The first kappa shape index (κ1) is 12.6. The number of anilines is 2. The molecule has 2 N–H and O–H groups in total. The zero-order valence-corrected chi connectivity index (χ0v) is 10.5. The lowest BCUT2D eigenvalue weighted by atomic mass is 10.2. The predicted molar refractivity (Wildman–Crippen MR) is 67.8 cm³/mol. The Kier molecular flexibility index (Phi) is 4.01. The second-order valence-electron chi connectivity index (χ2n) is 3.85. The van der Waals surface area contributed by atoms with Crippen LogP contribution in [-0.2, 0) is 4.79 Å². The van der Waals surface area contributed by atoms with Crippen LogP contribution in [0.4, 0.5) is 11.4 Å². The third-order valence-electron chi connectivity index (χ3n) is 2.27. The van der Waals surface area contributed by atoms with E-state index >= 15 is 0 Å². The molecular formula is C11H16ClN3O. The van der Waals surface area contributed by atoms with Gasteiger partial charge in [0.1, 0.15) is 0 Å². The summed E-state index contributed by atoms with van der Waals surface area (Å²) in [5.41, 5.74) is 7.19. The summed E-state index contributed by atoms with van der Waals surface area (Å²) >= 11 is 5.88. The molecule has 0 aliphatic heterocycles. The molecule has 5 heteroatoms. The predicted octanol–water partition coefficient (Wildman–Crippen LogP) is 1.45. The van der Waals surface area contributed by atoms with Crippen LogP contribution in [0.5, 0.6) is 0 Å². The van der Waals surface area contributed by atoms with Crippen molar-refractivity contribution >= 4 is 28.9 Å². The third kappa shape index (κ3) is 3.03. The standard InChI is InChI=1S/C11H16ClN3O/c1-14(2)11(16)7-15(3)10-6-8(12)4-5-9(10)13/h4-6H,7,13H2,1-3H3. The summed E-state index contributed by atoms with van der Waals surface area (Å²) in [6.07, 6.45) is 0. The molecule has 0 saturated heterocycles. The second-order valence-corrected chi connectivity index (χ2v) is 4.28. The maximum atomic E-state index is 11.5. The van der Waals surface area contributed by atoms with Crippen molar-refractivity contribution in [2.45, 2.75) is 0 Å². The number of hydrogen-bond donors (Lipinski definition) is 1. The molecule has 4 nitrogen and oxygen atoms in total. The maximum Gasteiger partial charge on any atom is 0.241 e. The van der Waals surface area contributed by atoms with E-state index in [0.717, 1.165) is 5.69 Å². The second kappa shape index (κ2) is 5.07. The van der Waals surface area contributed by atoms with Gasteiger partial charge in [-0.2, -0.15) is 0 Å². The van der Waals surface area contributed by atoms with Gasteiger partial charge in [0.2, 0.25) is 5.91 Å². The van der Waals surface area contributed by atoms with E-state index in [-0.39, 0.29) is 12.5 Å². The van der Waals surface area contributed by atoms with Gasteiger partial charge in [-0.25, -0.2) is 0 Å². The lowest BCUT2D eigenvalue weighted by Crippen LogP contribution is -2.34. The fraction of sp³-hybridized carbons (Fsp3) is 0.364. The first-order valence-corrected chi connectivity index (χ1v) is 5.26. The van der Waals surface area contributed by atoms with Crippen LogP contribution < -0.4 is 10.6 Å². The van der Waals surface area contributed by atoms with E-state index < -0.39 is 0 Å². The highest BCUT2D eigenvalue weighted by Gasteiger charge is 2.11. The minimum Gasteiger partial charge on any atom is -0.397 e. The van der Waals surface area contributed by atoms with Crippen LogP contribution in [0.15, 0.2) is 18.2 Å². The summed E-state index contributed by atoms with van der Waals surface area (Å²) in [4.78, 5) is 14.9. The van der Waals surface area contributed by atoms with Crippen LogP contribution in [-0.4, -0.2) is 38.5 Å². The molecular weight excluding hydrogens is 226 g/mol. The maximum absolute atomic E-state index is 11.5. The van der Waals surface area contributed by atoms with Crippen molar-refractivity contribution in [1.82, 2.24) is 4.90 Å². The zero-order chi connectivity index (χ0) is 12.3. The Bertz CT molecular complexity index is 393. The number of carbonyl (C=O) groups excluding carboxylic acids is 1. The highest BCUT2D eigenvalue weighted by molar-refractivity contribution is 6.31. The van der Waals surface area contributed by atoms with Gasteiger partial charge in [-0.05, 0) is 18.2 Å². The van der Waals surface area contributed by atoms with E-state index in [2.05, 4.69) is 0 Å². The minimum absolute atomic E-state index is 0.0156. The molecule has 0 bridgehead atoms. The van der Waals surface area contributed by atoms with E-state index in [9.17, 15) is 4.79 Å².